The second kappa shape index (κ2) is 5.98. The maximum absolute atomic E-state index is 13.3. The average Bonchev–Trinajstić information content (AvgIpc) is 2.46. The van der Waals surface area contributed by atoms with Crippen LogP contribution in [0.5, 0.6) is 5.75 Å². The quantitative estimate of drug-likeness (QED) is 0.672. The van der Waals surface area contributed by atoms with Gasteiger partial charge in [0.15, 0.2) is 0 Å². The zero-order valence-electron chi connectivity index (χ0n) is 11.3. The Bertz CT molecular complexity index is 823. The van der Waals surface area contributed by atoms with Crippen molar-refractivity contribution >= 4 is 21.4 Å². The van der Waals surface area contributed by atoms with Crippen LogP contribution in [0.2, 0.25) is 0 Å². The minimum absolute atomic E-state index is 0.214. The molecule has 1 N–H and O–H groups in total. The van der Waals surface area contributed by atoms with Crippen LogP contribution in [0.15, 0.2) is 47.4 Å². The Hall–Kier alpha value is -2.68. The summed E-state index contributed by atoms with van der Waals surface area (Å²) in [6.07, 6.45) is 0. The van der Waals surface area contributed by atoms with Crippen molar-refractivity contribution in [2.45, 2.75) is 4.90 Å². The van der Waals surface area contributed by atoms with E-state index >= 15 is 0 Å². The molecule has 0 fully saturated rings. The topological polar surface area (TPSA) is 98.5 Å². The van der Waals surface area contributed by atoms with Gasteiger partial charge in [-0.05, 0) is 24.3 Å². The van der Waals surface area contributed by atoms with E-state index in [0.29, 0.717) is 11.8 Å². The number of anilines is 1. The highest BCUT2D eigenvalue weighted by atomic mass is 32.2. The summed E-state index contributed by atoms with van der Waals surface area (Å²) >= 11 is 0. The maximum atomic E-state index is 13.3. The van der Waals surface area contributed by atoms with Crippen molar-refractivity contribution in [3.63, 3.8) is 0 Å². The Morgan fingerprint density at radius 2 is 1.95 bits per heavy atom. The number of nitrogens with zero attached hydrogens (tertiary/aromatic N) is 1. The average molecular weight is 326 g/mol. The fourth-order valence-corrected chi connectivity index (χ4v) is 2.77. The monoisotopic (exact) mass is 326 g/mol. The molecule has 0 bridgehead atoms. The van der Waals surface area contributed by atoms with Crippen LogP contribution in [0.3, 0.4) is 0 Å². The van der Waals surface area contributed by atoms with Crippen LogP contribution in [0.4, 0.5) is 15.8 Å². The van der Waals surface area contributed by atoms with Crippen molar-refractivity contribution < 1.29 is 22.5 Å². The molecule has 0 spiro atoms. The number of hydrogen-bond acceptors (Lipinski definition) is 5. The molecule has 0 amide bonds. The van der Waals surface area contributed by atoms with Crippen molar-refractivity contribution in [1.82, 2.24) is 0 Å². The third-order valence-corrected chi connectivity index (χ3v) is 4.13. The Labute approximate surface area is 125 Å². The van der Waals surface area contributed by atoms with E-state index in [2.05, 4.69) is 4.72 Å². The molecular formula is C13H11FN2O5S. The minimum Gasteiger partial charge on any atom is -0.497 e. The molecule has 2 aromatic carbocycles. The first-order valence-corrected chi connectivity index (χ1v) is 7.42. The van der Waals surface area contributed by atoms with E-state index in [1.54, 1.807) is 12.1 Å². The Balaban J connectivity index is 2.38. The zero-order chi connectivity index (χ0) is 16.3. The number of ether oxygens (including phenoxy) is 1. The van der Waals surface area contributed by atoms with Crippen LogP contribution in [-0.2, 0) is 10.0 Å². The molecule has 0 saturated heterocycles. The lowest BCUT2D eigenvalue weighted by Gasteiger charge is -2.09. The first kappa shape index (κ1) is 15.7. The summed E-state index contributed by atoms with van der Waals surface area (Å²) in [5.74, 6) is -0.671. The molecule has 7 nitrogen and oxygen atoms in total. The Morgan fingerprint density at radius 3 is 2.59 bits per heavy atom. The van der Waals surface area contributed by atoms with Crippen molar-refractivity contribution in [2.24, 2.45) is 0 Å². The van der Waals surface area contributed by atoms with Gasteiger partial charge in [0.25, 0.3) is 10.0 Å². The molecule has 22 heavy (non-hydrogen) atoms. The van der Waals surface area contributed by atoms with Gasteiger partial charge in [0.2, 0.25) is 5.82 Å². The van der Waals surface area contributed by atoms with Crippen LogP contribution in [0.1, 0.15) is 0 Å². The number of hydrogen-bond donors (Lipinski definition) is 1. The van der Waals surface area contributed by atoms with Gasteiger partial charge in [-0.25, -0.2) is 8.42 Å². The largest absolute Gasteiger partial charge is 0.497 e. The summed E-state index contributed by atoms with van der Waals surface area (Å²) in [6, 6.07) is 8.47. The summed E-state index contributed by atoms with van der Waals surface area (Å²) in [5, 5.41) is 10.7. The summed E-state index contributed by atoms with van der Waals surface area (Å²) in [5.41, 5.74) is -0.695. The minimum atomic E-state index is -4.09. The van der Waals surface area contributed by atoms with Gasteiger partial charge in [-0.2, -0.15) is 4.39 Å². The summed E-state index contributed by atoms with van der Waals surface area (Å²) in [6.45, 7) is 0. The SMILES string of the molecule is COc1cccc(NS(=O)(=O)c2ccc(F)c([N+](=O)[O-])c2)c1. The fraction of sp³-hybridized carbons (Fsp3) is 0.0769. The van der Waals surface area contributed by atoms with Crippen LogP contribution in [0, 0.1) is 15.9 Å². The predicted molar refractivity (Wildman–Crippen MR) is 76.9 cm³/mol. The first-order valence-electron chi connectivity index (χ1n) is 5.94. The molecular weight excluding hydrogens is 315 g/mol. The van der Waals surface area contributed by atoms with E-state index in [1.807, 2.05) is 0 Å². The van der Waals surface area contributed by atoms with Gasteiger partial charge in [0, 0.05) is 12.1 Å². The number of nitro groups is 1. The number of halogens is 1. The first-order chi connectivity index (χ1) is 10.3. The maximum Gasteiger partial charge on any atom is 0.306 e. The number of nitro benzene ring substituents is 1. The molecule has 0 unspecified atom stereocenters. The van der Waals surface area contributed by atoms with Crippen LogP contribution >= 0.6 is 0 Å². The van der Waals surface area contributed by atoms with E-state index in [-0.39, 0.29) is 5.69 Å². The normalized spacial score (nSPS) is 11.0. The van der Waals surface area contributed by atoms with Crippen LogP contribution in [0.25, 0.3) is 0 Å². The molecule has 0 aliphatic heterocycles. The smallest absolute Gasteiger partial charge is 0.306 e. The van der Waals surface area contributed by atoms with Crippen molar-refractivity contribution in [1.29, 1.82) is 0 Å². The lowest BCUT2D eigenvalue weighted by atomic mass is 10.3. The molecule has 116 valence electrons. The van der Waals surface area contributed by atoms with Crippen molar-refractivity contribution in [3.8, 4) is 5.75 Å². The summed E-state index contributed by atoms with van der Waals surface area (Å²) in [7, 11) is -2.66. The van der Waals surface area contributed by atoms with Crippen molar-refractivity contribution in [2.75, 3.05) is 11.8 Å². The van der Waals surface area contributed by atoms with E-state index in [4.69, 9.17) is 4.74 Å². The fourth-order valence-electron chi connectivity index (χ4n) is 1.70. The standard InChI is InChI=1S/C13H11FN2O5S/c1-21-10-4-2-3-9(7-10)15-22(19,20)11-5-6-12(14)13(8-11)16(17)18/h2-8,15H,1H3. The van der Waals surface area contributed by atoms with Gasteiger partial charge in [-0.3, -0.25) is 14.8 Å². The predicted octanol–water partition coefficient (Wildman–Crippen LogP) is 2.54. The van der Waals surface area contributed by atoms with E-state index in [9.17, 15) is 22.9 Å². The molecule has 0 atom stereocenters. The lowest BCUT2D eigenvalue weighted by Crippen LogP contribution is -2.13. The molecule has 0 aliphatic rings. The molecule has 0 saturated carbocycles. The summed E-state index contributed by atoms with van der Waals surface area (Å²) in [4.78, 5) is 9.28. The van der Waals surface area contributed by atoms with E-state index in [1.165, 1.54) is 19.2 Å². The van der Waals surface area contributed by atoms with E-state index < -0.39 is 31.3 Å². The van der Waals surface area contributed by atoms with Gasteiger partial charge >= 0.3 is 5.69 Å². The van der Waals surface area contributed by atoms with Gasteiger partial charge in [-0.15, -0.1) is 0 Å². The number of methoxy groups -OCH3 is 1. The number of rotatable bonds is 5. The van der Waals surface area contributed by atoms with Gasteiger partial charge in [0.1, 0.15) is 5.75 Å². The van der Waals surface area contributed by atoms with Crippen LogP contribution in [-0.4, -0.2) is 20.5 Å². The Kier molecular flexibility index (Phi) is 4.27. The molecule has 2 rings (SSSR count). The van der Waals surface area contributed by atoms with Crippen molar-refractivity contribution in [3.05, 3.63) is 58.4 Å². The number of sulfonamides is 1. The van der Waals surface area contributed by atoms with Gasteiger partial charge in [0.05, 0.1) is 22.6 Å². The Morgan fingerprint density at radius 1 is 1.23 bits per heavy atom. The van der Waals surface area contributed by atoms with E-state index in [0.717, 1.165) is 12.1 Å². The van der Waals surface area contributed by atoms with Gasteiger partial charge in [-0.1, -0.05) is 6.07 Å². The molecule has 9 heteroatoms. The second-order valence-corrected chi connectivity index (χ2v) is 5.89. The molecule has 2 aromatic rings. The summed E-state index contributed by atoms with van der Waals surface area (Å²) < 4.78 is 44.9. The highest BCUT2D eigenvalue weighted by Gasteiger charge is 2.21. The highest BCUT2D eigenvalue weighted by molar-refractivity contribution is 7.92. The molecule has 0 heterocycles. The van der Waals surface area contributed by atoms with Crippen LogP contribution < -0.4 is 9.46 Å². The number of nitrogens with one attached hydrogen (secondary N) is 1. The zero-order valence-corrected chi connectivity index (χ0v) is 12.1. The molecule has 0 radical (unpaired) electrons. The highest BCUT2D eigenvalue weighted by Crippen LogP contribution is 2.24. The third-order valence-electron chi connectivity index (χ3n) is 2.75. The third kappa shape index (κ3) is 3.31. The van der Waals surface area contributed by atoms with Gasteiger partial charge < -0.3 is 4.74 Å². The molecule has 0 aromatic heterocycles. The lowest BCUT2D eigenvalue weighted by molar-refractivity contribution is -0.387. The number of benzene rings is 2. The second-order valence-electron chi connectivity index (χ2n) is 4.21. The molecule has 0 aliphatic carbocycles.